The predicted octanol–water partition coefficient (Wildman–Crippen LogP) is 2.97. The van der Waals surface area contributed by atoms with Crippen molar-refractivity contribution in [2.24, 2.45) is 0 Å². The molecule has 4 rings (SSSR count). The minimum Gasteiger partial charge on any atom is -0.376 e. The monoisotopic (exact) mass is 407 g/mol. The Morgan fingerprint density at radius 2 is 1.93 bits per heavy atom. The molecule has 2 saturated heterocycles. The standard InChI is InChI=1S/C23H25N3O4/c27-21-11-4-12-26(21)17-7-3-6-16(14-17)22(28)25-20-10-2-1-9-19(20)23(29)24-15-18-8-5-13-30-18/h1-3,6-7,9-10,14,18H,4-5,8,11-13,15H2,(H,24,29)(H,25,28)/t18-/m0/s1. The Balaban J connectivity index is 1.46. The average molecular weight is 407 g/mol. The van der Waals surface area contributed by atoms with Gasteiger partial charge in [0.1, 0.15) is 0 Å². The molecule has 0 radical (unpaired) electrons. The quantitative estimate of drug-likeness (QED) is 0.771. The van der Waals surface area contributed by atoms with Gasteiger partial charge in [0.05, 0.1) is 17.4 Å². The van der Waals surface area contributed by atoms with Crippen molar-refractivity contribution in [1.29, 1.82) is 0 Å². The summed E-state index contributed by atoms with van der Waals surface area (Å²) in [7, 11) is 0. The molecule has 2 aromatic carbocycles. The molecule has 0 aliphatic carbocycles. The summed E-state index contributed by atoms with van der Waals surface area (Å²) in [5.74, 6) is -0.512. The van der Waals surface area contributed by atoms with Crippen LogP contribution in [0.3, 0.4) is 0 Å². The van der Waals surface area contributed by atoms with E-state index < -0.39 is 0 Å². The second-order valence-electron chi connectivity index (χ2n) is 7.54. The number of benzene rings is 2. The third-order valence-electron chi connectivity index (χ3n) is 5.43. The lowest BCUT2D eigenvalue weighted by atomic mass is 10.1. The van der Waals surface area contributed by atoms with Crippen LogP contribution in [0.15, 0.2) is 48.5 Å². The number of rotatable bonds is 6. The SMILES string of the molecule is O=C(Nc1ccccc1C(=O)NC[C@@H]1CCCO1)c1cccc(N2CCCC2=O)c1. The number of anilines is 2. The van der Waals surface area contributed by atoms with Crippen LogP contribution >= 0.6 is 0 Å². The number of amides is 3. The molecule has 1 atom stereocenters. The lowest BCUT2D eigenvalue weighted by Gasteiger charge is -2.17. The van der Waals surface area contributed by atoms with Gasteiger partial charge in [-0.15, -0.1) is 0 Å². The van der Waals surface area contributed by atoms with Crippen molar-refractivity contribution in [3.63, 3.8) is 0 Å². The number of hydrogen-bond acceptors (Lipinski definition) is 4. The number of carbonyl (C=O) groups is 3. The van der Waals surface area contributed by atoms with E-state index in [0.29, 0.717) is 42.0 Å². The van der Waals surface area contributed by atoms with E-state index in [1.165, 1.54) is 0 Å². The summed E-state index contributed by atoms with van der Waals surface area (Å²) in [6.07, 6.45) is 3.35. The topological polar surface area (TPSA) is 87.7 Å². The molecule has 2 heterocycles. The molecule has 2 fully saturated rings. The van der Waals surface area contributed by atoms with Gasteiger partial charge >= 0.3 is 0 Å². The van der Waals surface area contributed by atoms with Crippen LogP contribution in [0.1, 0.15) is 46.4 Å². The second kappa shape index (κ2) is 9.09. The van der Waals surface area contributed by atoms with Gasteiger partial charge in [-0.1, -0.05) is 18.2 Å². The number of ether oxygens (including phenoxy) is 1. The molecule has 0 spiro atoms. The zero-order chi connectivity index (χ0) is 20.9. The maximum Gasteiger partial charge on any atom is 0.255 e. The third kappa shape index (κ3) is 4.52. The third-order valence-corrected chi connectivity index (χ3v) is 5.43. The van der Waals surface area contributed by atoms with Crippen molar-refractivity contribution in [1.82, 2.24) is 5.32 Å². The van der Waals surface area contributed by atoms with Crippen LogP contribution in [0.4, 0.5) is 11.4 Å². The summed E-state index contributed by atoms with van der Waals surface area (Å²) in [6, 6.07) is 13.9. The Hall–Kier alpha value is -3.19. The normalized spacial score (nSPS) is 18.5. The zero-order valence-electron chi connectivity index (χ0n) is 16.7. The molecule has 2 aromatic rings. The number of nitrogens with zero attached hydrogens (tertiary/aromatic N) is 1. The largest absolute Gasteiger partial charge is 0.376 e. The van der Waals surface area contributed by atoms with E-state index in [-0.39, 0.29) is 23.8 Å². The lowest BCUT2D eigenvalue weighted by molar-refractivity contribution is -0.117. The van der Waals surface area contributed by atoms with E-state index in [2.05, 4.69) is 10.6 Å². The predicted molar refractivity (Wildman–Crippen MR) is 114 cm³/mol. The molecule has 0 bridgehead atoms. The molecule has 156 valence electrons. The molecule has 2 N–H and O–H groups in total. The van der Waals surface area contributed by atoms with Gasteiger partial charge in [-0.2, -0.15) is 0 Å². The first-order valence-corrected chi connectivity index (χ1v) is 10.3. The van der Waals surface area contributed by atoms with Gasteiger partial charge in [-0.25, -0.2) is 0 Å². The minimum atomic E-state index is -0.331. The molecular weight excluding hydrogens is 382 g/mol. The van der Waals surface area contributed by atoms with E-state index in [1.54, 1.807) is 47.4 Å². The van der Waals surface area contributed by atoms with Crippen molar-refractivity contribution in [2.75, 3.05) is 29.9 Å². The number of carbonyl (C=O) groups excluding carboxylic acids is 3. The summed E-state index contributed by atoms with van der Waals surface area (Å²) < 4.78 is 5.54. The van der Waals surface area contributed by atoms with Crippen molar-refractivity contribution < 1.29 is 19.1 Å². The van der Waals surface area contributed by atoms with E-state index in [9.17, 15) is 14.4 Å². The molecule has 2 aliphatic heterocycles. The summed E-state index contributed by atoms with van der Waals surface area (Å²) in [6.45, 7) is 1.85. The Morgan fingerprint density at radius 3 is 2.70 bits per heavy atom. The molecule has 0 aromatic heterocycles. The first-order chi connectivity index (χ1) is 14.6. The number of hydrogen-bond donors (Lipinski definition) is 2. The highest BCUT2D eigenvalue weighted by atomic mass is 16.5. The summed E-state index contributed by atoms with van der Waals surface area (Å²) in [4.78, 5) is 39.2. The number of para-hydroxylation sites is 1. The van der Waals surface area contributed by atoms with Crippen molar-refractivity contribution in [3.05, 3.63) is 59.7 Å². The van der Waals surface area contributed by atoms with Crippen LogP contribution < -0.4 is 15.5 Å². The van der Waals surface area contributed by atoms with Crippen LogP contribution in [0.5, 0.6) is 0 Å². The van der Waals surface area contributed by atoms with E-state index in [0.717, 1.165) is 25.9 Å². The highest BCUT2D eigenvalue weighted by Crippen LogP contribution is 2.23. The van der Waals surface area contributed by atoms with Crippen LogP contribution in [0.25, 0.3) is 0 Å². The second-order valence-corrected chi connectivity index (χ2v) is 7.54. The van der Waals surface area contributed by atoms with Gasteiger partial charge in [0.2, 0.25) is 5.91 Å². The molecule has 0 unspecified atom stereocenters. The first-order valence-electron chi connectivity index (χ1n) is 10.3. The Kier molecular flexibility index (Phi) is 6.09. The molecule has 3 amide bonds. The van der Waals surface area contributed by atoms with Crippen LogP contribution in [-0.4, -0.2) is 43.5 Å². The van der Waals surface area contributed by atoms with Gasteiger partial charge < -0.3 is 20.3 Å². The molecule has 0 saturated carbocycles. The Morgan fingerprint density at radius 1 is 1.07 bits per heavy atom. The molecule has 30 heavy (non-hydrogen) atoms. The van der Waals surface area contributed by atoms with Crippen molar-refractivity contribution in [3.8, 4) is 0 Å². The summed E-state index contributed by atoms with van der Waals surface area (Å²) in [5, 5.41) is 5.72. The molecular formula is C23H25N3O4. The van der Waals surface area contributed by atoms with Gasteiger partial charge in [-0.3, -0.25) is 14.4 Å². The van der Waals surface area contributed by atoms with E-state index >= 15 is 0 Å². The molecule has 7 heteroatoms. The van der Waals surface area contributed by atoms with Crippen LogP contribution in [0.2, 0.25) is 0 Å². The number of nitrogens with one attached hydrogen (secondary N) is 2. The fourth-order valence-electron chi connectivity index (χ4n) is 3.83. The summed E-state index contributed by atoms with van der Waals surface area (Å²) in [5.41, 5.74) is 1.99. The fourth-order valence-corrected chi connectivity index (χ4v) is 3.83. The van der Waals surface area contributed by atoms with E-state index in [4.69, 9.17) is 4.74 Å². The van der Waals surface area contributed by atoms with E-state index in [1.807, 2.05) is 6.07 Å². The van der Waals surface area contributed by atoms with Crippen LogP contribution in [-0.2, 0) is 9.53 Å². The highest BCUT2D eigenvalue weighted by Gasteiger charge is 2.23. The van der Waals surface area contributed by atoms with Gasteiger partial charge in [0.15, 0.2) is 0 Å². The maximum absolute atomic E-state index is 12.8. The minimum absolute atomic E-state index is 0.0479. The van der Waals surface area contributed by atoms with Crippen molar-refractivity contribution in [2.45, 2.75) is 31.8 Å². The summed E-state index contributed by atoms with van der Waals surface area (Å²) >= 11 is 0. The highest BCUT2D eigenvalue weighted by molar-refractivity contribution is 6.09. The Labute approximate surface area is 175 Å². The van der Waals surface area contributed by atoms with Gasteiger partial charge in [-0.05, 0) is 49.6 Å². The smallest absolute Gasteiger partial charge is 0.255 e. The maximum atomic E-state index is 12.8. The average Bonchev–Trinajstić information content (AvgIpc) is 3.44. The molecule has 2 aliphatic rings. The van der Waals surface area contributed by atoms with Gasteiger partial charge in [0, 0.05) is 37.4 Å². The fraction of sp³-hybridized carbons (Fsp3) is 0.348. The Bertz CT molecular complexity index is 953. The van der Waals surface area contributed by atoms with Crippen molar-refractivity contribution >= 4 is 29.1 Å². The lowest BCUT2D eigenvalue weighted by Crippen LogP contribution is -2.32. The zero-order valence-corrected chi connectivity index (χ0v) is 16.7. The van der Waals surface area contributed by atoms with Gasteiger partial charge in [0.25, 0.3) is 11.8 Å². The van der Waals surface area contributed by atoms with Crippen LogP contribution in [0, 0.1) is 0 Å². The first kappa shape index (κ1) is 20.1. The molecule has 7 nitrogen and oxygen atoms in total.